The minimum absolute atomic E-state index is 0.100. The van der Waals surface area contributed by atoms with E-state index in [0.29, 0.717) is 5.82 Å². The lowest BCUT2D eigenvalue weighted by Crippen LogP contribution is -2.31. The number of carbonyl (C=O) groups is 1. The molecule has 5 heteroatoms. The molecule has 0 spiro atoms. The molecule has 1 N–H and O–H groups in total. The van der Waals surface area contributed by atoms with Gasteiger partial charge >= 0.3 is 0 Å². The number of pyridine rings is 1. The largest absolute Gasteiger partial charge is 0.350 e. The molecule has 0 aliphatic carbocycles. The van der Waals surface area contributed by atoms with Gasteiger partial charge in [-0.05, 0) is 44.0 Å². The lowest BCUT2D eigenvalue weighted by molar-refractivity contribution is -0.114. The van der Waals surface area contributed by atoms with Crippen molar-refractivity contribution in [2.24, 2.45) is 0 Å². The Kier molecular flexibility index (Phi) is 4.75. The molecule has 1 heterocycles. The van der Waals surface area contributed by atoms with Crippen LogP contribution in [0.2, 0.25) is 0 Å². The number of amides is 1. The fourth-order valence-electron chi connectivity index (χ4n) is 2.46. The van der Waals surface area contributed by atoms with Crippen LogP contribution in [0.15, 0.2) is 30.3 Å². The minimum atomic E-state index is -0.560. The molecule has 0 radical (unpaired) electrons. The number of nitrogens with one attached hydrogen (secondary N) is 1. The molecule has 0 atom stereocenters. The lowest BCUT2D eigenvalue weighted by Gasteiger charge is -2.19. The van der Waals surface area contributed by atoms with Gasteiger partial charge in [0.25, 0.3) is 0 Å². The van der Waals surface area contributed by atoms with Gasteiger partial charge < -0.3 is 10.2 Å². The smallest absolute Gasteiger partial charge is 0.243 e. The van der Waals surface area contributed by atoms with E-state index in [2.05, 4.69) is 10.3 Å². The summed E-state index contributed by atoms with van der Waals surface area (Å²) >= 11 is 0. The van der Waals surface area contributed by atoms with E-state index in [4.69, 9.17) is 0 Å². The molecule has 0 aliphatic rings. The Morgan fingerprint density at radius 1 is 1.23 bits per heavy atom. The van der Waals surface area contributed by atoms with Gasteiger partial charge in [-0.15, -0.1) is 0 Å². The Morgan fingerprint density at radius 3 is 2.45 bits per heavy atom. The number of rotatable bonds is 4. The average molecular weight is 301 g/mol. The van der Waals surface area contributed by atoms with Crippen molar-refractivity contribution in [3.63, 3.8) is 0 Å². The van der Waals surface area contributed by atoms with Crippen LogP contribution >= 0.6 is 0 Å². The molecule has 1 aromatic carbocycles. The normalized spacial score (nSPS) is 10.4. The molecule has 0 unspecified atom stereocenters. The van der Waals surface area contributed by atoms with Crippen molar-refractivity contribution in [1.29, 1.82) is 0 Å². The molecule has 116 valence electrons. The van der Waals surface area contributed by atoms with Crippen LogP contribution < -0.4 is 10.2 Å². The molecule has 2 rings (SSSR count). The van der Waals surface area contributed by atoms with Crippen LogP contribution in [0.1, 0.15) is 16.7 Å². The Morgan fingerprint density at radius 2 is 1.86 bits per heavy atom. The van der Waals surface area contributed by atoms with E-state index in [1.807, 2.05) is 32.9 Å². The predicted octanol–water partition coefficient (Wildman–Crippen LogP) is 3.22. The number of carbonyl (C=O) groups excluding carboxylic acids is 1. The first-order chi connectivity index (χ1) is 10.4. The van der Waals surface area contributed by atoms with E-state index in [9.17, 15) is 9.18 Å². The first-order valence-corrected chi connectivity index (χ1v) is 7.08. The average Bonchev–Trinajstić information content (AvgIpc) is 2.42. The molecule has 0 bridgehead atoms. The highest BCUT2D eigenvalue weighted by molar-refractivity contribution is 5.95. The topological polar surface area (TPSA) is 45.2 Å². The Labute approximate surface area is 130 Å². The molecule has 4 nitrogen and oxygen atoms in total. The maximum absolute atomic E-state index is 13.1. The third-order valence-corrected chi connectivity index (χ3v) is 3.41. The predicted molar refractivity (Wildman–Crippen MR) is 86.7 cm³/mol. The van der Waals surface area contributed by atoms with Crippen molar-refractivity contribution in [3.05, 3.63) is 53.0 Å². The molecule has 0 fully saturated rings. The standard InChI is InChI=1S/C17H20FN3O/c1-11-8-12(2)17(13(3)9-11)20-16(22)10-21(4)15-7-5-6-14(18)19-15/h5-9H,10H2,1-4H3,(H,20,22). The third kappa shape index (κ3) is 3.81. The van der Waals surface area contributed by atoms with Crippen molar-refractivity contribution in [1.82, 2.24) is 4.98 Å². The highest BCUT2D eigenvalue weighted by Crippen LogP contribution is 2.22. The number of hydrogen-bond acceptors (Lipinski definition) is 3. The maximum atomic E-state index is 13.1. The zero-order chi connectivity index (χ0) is 16.3. The number of aromatic nitrogens is 1. The van der Waals surface area contributed by atoms with Crippen molar-refractivity contribution >= 4 is 17.4 Å². The van der Waals surface area contributed by atoms with Gasteiger partial charge in [-0.1, -0.05) is 23.8 Å². The fourth-order valence-corrected chi connectivity index (χ4v) is 2.46. The zero-order valence-electron chi connectivity index (χ0n) is 13.3. The third-order valence-electron chi connectivity index (χ3n) is 3.41. The summed E-state index contributed by atoms with van der Waals surface area (Å²) in [5.74, 6) is -0.300. The van der Waals surface area contributed by atoms with Crippen molar-refractivity contribution in [3.8, 4) is 0 Å². The first kappa shape index (κ1) is 15.9. The molecule has 2 aromatic rings. The highest BCUT2D eigenvalue weighted by Gasteiger charge is 2.12. The summed E-state index contributed by atoms with van der Waals surface area (Å²) in [4.78, 5) is 17.6. The summed E-state index contributed by atoms with van der Waals surface area (Å²) in [6.45, 7) is 6.05. The lowest BCUT2D eigenvalue weighted by atomic mass is 10.1. The number of nitrogens with zero attached hydrogens (tertiary/aromatic N) is 2. The monoisotopic (exact) mass is 301 g/mol. The Hall–Kier alpha value is -2.43. The SMILES string of the molecule is Cc1cc(C)c(NC(=O)CN(C)c2cccc(F)n2)c(C)c1. The molecule has 1 aromatic heterocycles. The number of benzene rings is 1. The van der Waals surface area contributed by atoms with Crippen molar-refractivity contribution < 1.29 is 9.18 Å². The number of hydrogen-bond donors (Lipinski definition) is 1. The molecule has 1 amide bonds. The number of aryl methyl sites for hydroxylation is 3. The summed E-state index contributed by atoms with van der Waals surface area (Å²) in [6.07, 6.45) is 0. The number of likely N-dealkylation sites (N-methyl/N-ethyl adjacent to an activating group) is 1. The summed E-state index contributed by atoms with van der Waals surface area (Å²) < 4.78 is 13.1. The summed E-state index contributed by atoms with van der Waals surface area (Å²) in [5, 5.41) is 2.92. The second-order valence-corrected chi connectivity index (χ2v) is 5.50. The van der Waals surface area contributed by atoms with E-state index >= 15 is 0 Å². The van der Waals surface area contributed by atoms with Crippen LogP contribution in [0, 0.1) is 26.7 Å². The molecule has 0 saturated carbocycles. The van der Waals surface area contributed by atoms with Gasteiger partial charge in [0.1, 0.15) is 5.82 Å². The van der Waals surface area contributed by atoms with Gasteiger partial charge in [-0.3, -0.25) is 4.79 Å². The van der Waals surface area contributed by atoms with E-state index in [-0.39, 0.29) is 12.5 Å². The van der Waals surface area contributed by atoms with Gasteiger partial charge in [-0.25, -0.2) is 4.98 Å². The summed E-state index contributed by atoms with van der Waals surface area (Å²) in [6, 6.07) is 8.57. The van der Waals surface area contributed by atoms with Crippen LogP contribution in [0.5, 0.6) is 0 Å². The Balaban J connectivity index is 2.07. The van der Waals surface area contributed by atoms with Gasteiger partial charge in [0.05, 0.1) is 6.54 Å². The second-order valence-electron chi connectivity index (χ2n) is 5.50. The molecular weight excluding hydrogens is 281 g/mol. The molecule has 22 heavy (non-hydrogen) atoms. The minimum Gasteiger partial charge on any atom is -0.350 e. The van der Waals surface area contributed by atoms with E-state index in [1.165, 1.54) is 6.07 Å². The first-order valence-electron chi connectivity index (χ1n) is 7.08. The van der Waals surface area contributed by atoms with Gasteiger partial charge in [0.15, 0.2) is 0 Å². The van der Waals surface area contributed by atoms with Gasteiger partial charge in [0, 0.05) is 12.7 Å². The fraction of sp³-hybridized carbons (Fsp3) is 0.294. The van der Waals surface area contributed by atoms with Crippen LogP contribution in [-0.4, -0.2) is 24.5 Å². The number of anilines is 2. The number of halogens is 1. The van der Waals surface area contributed by atoms with Gasteiger partial charge in [0.2, 0.25) is 11.9 Å². The molecular formula is C17H20FN3O. The Bertz CT molecular complexity index is 677. The van der Waals surface area contributed by atoms with Gasteiger partial charge in [-0.2, -0.15) is 4.39 Å². The van der Waals surface area contributed by atoms with Crippen LogP contribution in [-0.2, 0) is 4.79 Å². The van der Waals surface area contributed by atoms with Crippen LogP contribution in [0.3, 0.4) is 0 Å². The molecule has 0 aliphatic heterocycles. The zero-order valence-corrected chi connectivity index (χ0v) is 13.3. The maximum Gasteiger partial charge on any atom is 0.243 e. The van der Waals surface area contributed by atoms with Crippen molar-refractivity contribution in [2.75, 3.05) is 23.8 Å². The van der Waals surface area contributed by atoms with Crippen LogP contribution in [0.4, 0.5) is 15.9 Å². The molecule has 0 saturated heterocycles. The van der Waals surface area contributed by atoms with E-state index in [0.717, 1.165) is 22.4 Å². The van der Waals surface area contributed by atoms with E-state index in [1.54, 1.807) is 24.1 Å². The highest BCUT2D eigenvalue weighted by atomic mass is 19.1. The van der Waals surface area contributed by atoms with E-state index < -0.39 is 5.95 Å². The summed E-state index contributed by atoms with van der Waals surface area (Å²) in [7, 11) is 1.70. The van der Waals surface area contributed by atoms with Crippen molar-refractivity contribution in [2.45, 2.75) is 20.8 Å². The quantitative estimate of drug-likeness (QED) is 0.882. The van der Waals surface area contributed by atoms with Crippen LogP contribution in [0.25, 0.3) is 0 Å². The second kappa shape index (κ2) is 6.56. The summed E-state index contributed by atoms with van der Waals surface area (Å²) in [5.41, 5.74) is 4.04.